The highest BCUT2D eigenvalue weighted by molar-refractivity contribution is 7.14. The molecule has 0 aromatic carbocycles. The topological polar surface area (TPSA) is 35.8 Å². The van der Waals surface area contributed by atoms with E-state index in [2.05, 4.69) is 11.4 Å². The molecule has 0 aliphatic carbocycles. The van der Waals surface area contributed by atoms with E-state index in [9.17, 15) is 0 Å². The third-order valence-electron chi connectivity index (χ3n) is 1.31. The second-order valence-corrected chi connectivity index (χ2v) is 2.86. The predicted octanol–water partition coefficient (Wildman–Crippen LogP) is 1.97. The van der Waals surface area contributed by atoms with Gasteiger partial charge < -0.3 is 5.32 Å². The lowest BCUT2D eigenvalue weighted by Crippen LogP contribution is -1.86. The molecule has 1 heterocycles. The van der Waals surface area contributed by atoms with Crippen molar-refractivity contribution in [2.24, 2.45) is 0 Å². The van der Waals surface area contributed by atoms with Gasteiger partial charge in [-0.25, -0.2) is 0 Å². The molecule has 1 rings (SSSR count). The van der Waals surface area contributed by atoms with Crippen molar-refractivity contribution in [3.05, 3.63) is 16.5 Å². The van der Waals surface area contributed by atoms with Crippen LogP contribution in [0, 0.1) is 18.3 Å². The fourth-order valence-electron chi connectivity index (χ4n) is 0.767. The Morgan fingerprint density at radius 2 is 2.40 bits per heavy atom. The molecule has 0 saturated carbocycles. The van der Waals surface area contributed by atoms with Crippen molar-refractivity contribution in [1.82, 2.24) is 0 Å². The summed E-state index contributed by atoms with van der Waals surface area (Å²) >= 11 is 1.57. The summed E-state index contributed by atoms with van der Waals surface area (Å²) in [5, 5.41) is 14.5. The zero-order chi connectivity index (χ0) is 7.56. The van der Waals surface area contributed by atoms with Gasteiger partial charge in [0.25, 0.3) is 0 Å². The van der Waals surface area contributed by atoms with Crippen LogP contribution in [0.15, 0.2) is 5.38 Å². The lowest BCUT2D eigenvalue weighted by Gasteiger charge is -1.92. The number of nitriles is 1. The molecule has 10 heavy (non-hydrogen) atoms. The molecule has 3 heteroatoms. The summed E-state index contributed by atoms with van der Waals surface area (Å²) in [6.45, 7) is 1.94. The number of anilines is 1. The molecule has 0 saturated heterocycles. The van der Waals surface area contributed by atoms with E-state index in [1.165, 1.54) is 0 Å². The van der Waals surface area contributed by atoms with E-state index in [0.717, 1.165) is 16.1 Å². The molecule has 0 unspecified atom stereocenters. The lowest BCUT2D eigenvalue weighted by molar-refractivity contribution is 1.43. The quantitative estimate of drug-likeness (QED) is 0.667. The van der Waals surface area contributed by atoms with Gasteiger partial charge in [0, 0.05) is 7.05 Å². The molecule has 1 aromatic rings. The van der Waals surface area contributed by atoms with Crippen LogP contribution in [0.2, 0.25) is 0 Å². The number of hydrogen-bond acceptors (Lipinski definition) is 3. The number of hydrogen-bond donors (Lipinski definition) is 1. The van der Waals surface area contributed by atoms with E-state index in [1.54, 1.807) is 11.3 Å². The summed E-state index contributed by atoms with van der Waals surface area (Å²) < 4.78 is 0. The van der Waals surface area contributed by atoms with Crippen LogP contribution in [-0.4, -0.2) is 7.05 Å². The predicted molar refractivity (Wildman–Crippen MR) is 43.3 cm³/mol. The van der Waals surface area contributed by atoms with Crippen molar-refractivity contribution in [1.29, 1.82) is 5.26 Å². The van der Waals surface area contributed by atoms with Crippen LogP contribution < -0.4 is 5.32 Å². The summed E-state index contributed by atoms with van der Waals surface area (Å²) in [5.41, 5.74) is 1.82. The fourth-order valence-corrected chi connectivity index (χ4v) is 1.62. The number of aryl methyl sites for hydroxylation is 1. The Balaban J connectivity index is 3.17. The number of thiophene rings is 1. The average Bonchev–Trinajstić information content (AvgIpc) is 2.30. The third-order valence-corrected chi connectivity index (χ3v) is 2.43. The van der Waals surface area contributed by atoms with Crippen molar-refractivity contribution in [2.75, 3.05) is 12.4 Å². The zero-order valence-corrected chi connectivity index (χ0v) is 6.75. The maximum absolute atomic E-state index is 8.64. The van der Waals surface area contributed by atoms with Crippen LogP contribution in [0.3, 0.4) is 0 Å². The minimum absolute atomic E-state index is 0.771. The Hall–Kier alpha value is -1.01. The lowest BCUT2D eigenvalue weighted by atomic mass is 10.2. The minimum Gasteiger partial charge on any atom is -0.379 e. The molecular formula is C7H8N2S. The normalized spacial score (nSPS) is 8.90. The van der Waals surface area contributed by atoms with Crippen molar-refractivity contribution >= 4 is 16.3 Å². The fraction of sp³-hybridized carbons (Fsp3) is 0.286. The highest BCUT2D eigenvalue weighted by Crippen LogP contribution is 2.25. The first kappa shape index (κ1) is 7.10. The van der Waals surface area contributed by atoms with Gasteiger partial charge in [0.15, 0.2) is 0 Å². The van der Waals surface area contributed by atoms with Crippen LogP contribution in [0.1, 0.15) is 11.1 Å². The van der Waals surface area contributed by atoms with E-state index in [4.69, 9.17) is 5.26 Å². The molecular weight excluding hydrogens is 144 g/mol. The molecule has 0 fully saturated rings. The Bertz CT molecular complexity index is 270. The highest BCUT2D eigenvalue weighted by atomic mass is 32.1. The van der Waals surface area contributed by atoms with Gasteiger partial charge in [-0.05, 0) is 17.9 Å². The van der Waals surface area contributed by atoms with E-state index in [0.29, 0.717) is 0 Å². The van der Waals surface area contributed by atoms with Gasteiger partial charge in [-0.1, -0.05) is 0 Å². The van der Waals surface area contributed by atoms with Gasteiger partial charge in [-0.2, -0.15) is 5.26 Å². The second kappa shape index (κ2) is 2.72. The number of nitrogens with one attached hydrogen (secondary N) is 1. The van der Waals surface area contributed by atoms with Gasteiger partial charge >= 0.3 is 0 Å². The van der Waals surface area contributed by atoms with E-state index >= 15 is 0 Å². The summed E-state index contributed by atoms with van der Waals surface area (Å²) in [6.07, 6.45) is 0. The minimum atomic E-state index is 0.771. The number of rotatable bonds is 1. The van der Waals surface area contributed by atoms with Crippen LogP contribution >= 0.6 is 11.3 Å². The molecule has 0 bridgehead atoms. The van der Waals surface area contributed by atoms with E-state index in [-0.39, 0.29) is 0 Å². The molecule has 0 atom stereocenters. The SMILES string of the molecule is CNc1scc(C)c1C#N. The van der Waals surface area contributed by atoms with Crippen molar-refractivity contribution in [2.45, 2.75) is 6.92 Å². The molecule has 0 spiro atoms. The van der Waals surface area contributed by atoms with Crippen LogP contribution in [0.25, 0.3) is 0 Å². The maximum atomic E-state index is 8.64. The molecule has 52 valence electrons. The Morgan fingerprint density at radius 1 is 1.70 bits per heavy atom. The van der Waals surface area contributed by atoms with Gasteiger partial charge in [0.1, 0.15) is 11.1 Å². The maximum Gasteiger partial charge on any atom is 0.106 e. The number of nitrogens with zero attached hydrogens (tertiary/aromatic N) is 1. The van der Waals surface area contributed by atoms with Crippen LogP contribution in [-0.2, 0) is 0 Å². The van der Waals surface area contributed by atoms with Gasteiger partial charge in [-0.3, -0.25) is 0 Å². The molecule has 1 N–H and O–H groups in total. The first-order valence-corrected chi connectivity index (χ1v) is 3.83. The van der Waals surface area contributed by atoms with E-state index < -0.39 is 0 Å². The first-order valence-electron chi connectivity index (χ1n) is 2.95. The summed E-state index contributed by atoms with van der Waals surface area (Å²) in [6, 6.07) is 2.14. The van der Waals surface area contributed by atoms with Crippen molar-refractivity contribution in [3.8, 4) is 6.07 Å². The molecule has 0 aliphatic rings. The smallest absolute Gasteiger partial charge is 0.106 e. The van der Waals surface area contributed by atoms with Gasteiger partial charge in [-0.15, -0.1) is 11.3 Å². The van der Waals surface area contributed by atoms with Gasteiger partial charge in [0.05, 0.1) is 5.56 Å². The first-order chi connectivity index (χ1) is 4.79. The molecule has 2 nitrogen and oxygen atoms in total. The Kier molecular flexibility index (Phi) is 1.93. The standard InChI is InChI=1S/C7H8N2S/c1-5-4-10-7(9-2)6(5)3-8/h4,9H,1-2H3. The Morgan fingerprint density at radius 3 is 2.80 bits per heavy atom. The second-order valence-electron chi connectivity index (χ2n) is 1.98. The van der Waals surface area contributed by atoms with Gasteiger partial charge in [0.2, 0.25) is 0 Å². The molecule has 0 radical (unpaired) electrons. The Labute approximate surface area is 64.1 Å². The average molecular weight is 152 g/mol. The largest absolute Gasteiger partial charge is 0.379 e. The monoisotopic (exact) mass is 152 g/mol. The van der Waals surface area contributed by atoms with Crippen LogP contribution in [0.5, 0.6) is 0 Å². The van der Waals surface area contributed by atoms with Crippen molar-refractivity contribution < 1.29 is 0 Å². The zero-order valence-electron chi connectivity index (χ0n) is 5.93. The highest BCUT2D eigenvalue weighted by Gasteiger charge is 2.04. The van der Waals surface area contributed by atoms with E-state index in [1.807, 2.05) is 19.4 Å². The summed E-state index contributed by atoms with van der Waals surface area (Å²) in [5.74, 6) is 0. The molecule has 0 amide bonds. The molecule has 1 aromatic heterocycles. The molecule has 0 aliphatic heterocycles. The summed E-state index contributed by atoms with van der Waals surface area (Å²) in [4.78, 5) is 0. The van der Waals surface area contributed by atoms with Crippen LogP contribution in [0.4, 0.5) is 5.00 Å². The van der Waals surface area contributed by atoms with Crippen molar-refractivity contribution in [3.63, 3.8) is 0 Å². The summed E-state index contributed by atoms with van der Waals surface area (Å²) in [7, 11) is 1.83. The third kappa shape index (κ3) is 0.981.